The van der Waals surface area contributed by atoms with E-state index >= 15 is 0 Å². The number of nitro groups is 1. The summed E-state index contributed by atoms with van der Waals surface area (Å²) in [6.07, 6.45) is 0.140. The van der Waals surface area contributed by atoms with E-state index in [9.17, 15) is 28.1 Å². The van der Waals surface area contributed by atoms with Gasteiger partial charge in [0.1, 0.15) is 18.3 Å². The van der Waals surface area contributed by atoms with Crippen LogP contribution in [0.4, 0.5) is 11.4 Å². The van der Waals surface area contributed by atoms with Crippen LogP contribution >= 0.6 is 11.6 Å². The van der Waals surface area contributed by atoms with Gasteiger partial charge in [0.25, 0.3) is 15.7 Å². The molecule has 1 atom stereocenters. The summed E-state index contributed by atoms with van der Waals surface area (Å²) in [6, 6.07) is 24.6. The predicted octanol–water partition coefficient (Wildman–Crippen LogP) is 6.32. The molecule has 4 aromatic carbocycles. The van der Waals surface area contributed by atoms with Crippen LogP contribution in [0.5, 0.6) is 5.75 Å². The maximum atomic E-state index is 14.6. The largest absolute Gasteiger partial charge is 0.497 e. The quantitative estimate of drug-likeness (QED) is 0.127. The third kappa shape index (κ3) is 9.58. The Balaban J connectivity index is 1.85. The van der Waals surface area contributed by atoms with Crippen LogP contribution in [0.1, 0.15) is 37.5 Å². The summed E-state index contributed by atoms with van der Waals surface area (Å²) in [4.78, 5) is 40.7. The van der Waals surface area contributed by atoms with Crippen molar-refractivity contribution in [2.24, 2.45) is 0 Å². The van der Waals surface area contributed by atoms with Gasteiger partial charge < -0.3 is 15.0 Å². The predicted molar refractivity (Wildman–Crippen MR) is 189 cm³/mol. The van der Waals surface area contributed by atoms with Gasteiger partial charge in [0, 0.05) is 35.2 Å². The molecule has 0 radical (unpaired) electrons. The number of carbonyl (C=O) groups excluding carboxylic acids is 2. The molecule has 0 aliphatic rings. The molecular formula is C36H39ClN4O7S. The number of aryl methyl sites for hydroxylation is 1. The highest BCUT2D eigenvalue weighted by atomic mass is 35.5. The molecular weight excluding hydrogens is 668 g/mol. The van der Waals surface area contributed by atoms with Crippen LogP contribution in [0.15, 0.2) is 102 Å². The highest BCUT2D eigenvalue weighted by molar-refractivity contribution is 7.92. The number of rotatable bonds is 13. The fraction of sp³-hybridized carbons (Fsp3) is 0.278. The molecule has 0 spiro atoms. The second kappa shape index (κ2) is 15.5. The first-order valence-corrected chi connectivity index (χ1v) is 17.2. The van der Waals surface area contributed by atoms with Crippen LogP contribution in [0.3, 0.4) is 0 Å². The van der Waals surface area contributed by atoms with Crippen LogP contribution in [-0.4, -0.2) is 55.3 Å². The second-order valence-corrected chi connectivity index (χ2v) is 14.8. The Kier molecular flexibility index (Phi) is 11.7. The van der Waals surface area contributed by atoms with Gasteiger partial charge in [0.2, 0.25) is 11.8 Å². The second-order valence-electron chi connectivity index (χ2n) is 12.5. The number of amides is 2. The molecule has 2 amide bonds. The molecule has 4 aromatic rings. The lowest BCUT2D eigenvalue weighted by Crippen LogP contribution is -2.56. The fourth-order valence-corrected chi connectivity index (χ4v) is 6.70. The number of methoxy groups -OCH3 is 1. The zero-order chi connectivity index (χ0) is 35.9. The molecule has 49 heavy (non-hydrogen) atoms. The van der Waals surface area contributed by atoms with Gasteiger partial charge in [-0.1, -0.05) is 60.1 Å². The lowest BCUT2D eigenvalue weighted by atomic mass is 10.0. The van der Waals surface area contributed by atoms with Crippen molar-refractivity contribution in [1.29, 1.82) is 0 Å². The number of benzene rings is 4. The molecule has 1 unspecified atom stereocenters. The zero-order valence-electron chi connectivity index (χ0n) is 27.9. The number of hydrogen-bond donors (Lipinski definition) is 1. The molecule has 0 heterocycles. The Hall–Kier alpha value is -4.94. The van der Waals surface area contributed by atoms with E-state index in [1.165, 1.54) is 43.2 Å². The van der Waals surface area contributed by atoms with Crippen molar-refractivity contribution >= 4 is 44.8 Å². The van der Waals surface area contributed by atoms with Crippen LogP contribution in [-0.2, 0) is 32.6 Å². The van der Waals surface area contributed by atoms with Crippen LogP contribution in [0.25, 0.3) is 0 Å². The molecule has 258 valence electrons. The number of hydrogen-bond acceptors (Lipinski definition) is 7. The molecule has 0 fully saturated rings. The number of nitrogens with one attached hydrogen (secondary N) is 1. The standard InChI is InChI=1S/C36H39ClN4O7S/c1-25-11-20-31(22-32(25)41(44)45)49(46,47)40(29-16-18-30(48-5)19-17-29)24-34(42)39(23-27-12-14-28(37)15-13-27)33(35(43)38-36(2,3)4)21-26-9-7-6-8-10-26/h6-20,22,33H,21,23-24H2,1-5H3,(H,38,43). The van der Waals surface area contributed by atoms with Crippen molar-refractivity contribution in [2.45, 2.75) is 57.1 Å². The summed E-state index contributed by atoms with van der Waals surface area (Å²) in [7, 11) is -3.10. The third-order valence-electron chi connectivity index (χ3n) is 7.64. The first-order chi connectivity index (χ1) is 23.1. The first-order valence-electron chi connectivity index (χ1n) is 15.4. The van der Waals surface area contributed by atoms with Gasteiger partial charge in [-0.15, -0.1) is 0 Å². The number of anilines is 1. The summed E-state index contributed by atoms with van der Waals surface area (Å²) in [5.74, 6) is -0.655. The highest BCUT2D eigenvalue weighted by Crippen LogP contribution is 2.30. The zero-order valence-corrected chi connectivity index (χ0v) is 29.5. The lowest BCUT2D eigenvalue weighted by Gasteiger charge is -2.35. The van der Waals surface area contributed by atoms with Crippen molar-refractivity contribution in [3.05, 3.63) is 129 Å². The number of nitro benzene ring substituents is 1. The Bertz CT molecular complexity index is 1900. The highest BCUT2D eigenvalue weighted by Gasteiger charge is 2.36. The summed E-state index contributed by atoms with van der Waals surface area (Å²) >= 11 is 6.14. The van der Waals surface area contributed by atoms with Crippen molar-refractivity contribution in [3.63, 3.8) is 0 Å². The van der Waals surface area contributed by atoms with E-state index in [-0.39, 0.29) is 34.8 Å². The summed E-state index contributed by atoms with van der Waals surface area (Å²) in [5, 5.41) is 15.2. The van der Waals surface area contributed by atoms with Gasteiger partial charge in [0.05, 0.1) is 22.6 Å². The molecule has 0 saturated carbocycles. The average Bonchev–Trinajstić information content (AvgIpc) is 3.05. The van der Waals surface area contributed by atoms with Gasteiger partial charge in [-0.25, -0.2) is 8.42 Å². The molecule has 0 aromatic heterocycles. The lowest BCUT2D eigenvalue weighted by molar-refractivity contribution is -0.385. The van der Waals surface area contributed by atoms with Crippen molar-refractivity contribution in [2.75, 3.05) is 18.0 Å². The molecule has 0 saturated heterocycles. The van der Waals surface area contributed by atoms with E-state index in [0.29, 0.717) is 16.3 Å². The molecule has 13 heteroatoms. The fourth-order valence-electron chi connectivity index (χ4n) is 5.14. The molecule has 1 N–H and O–H groups in total. The Morgan fingerprint density at radius 2 is 1.57 bits per heavy atom. The SMILES string of the molecule is COc1ccc(N(CC(=O)N(Cc2ccc(Cl)cc2)C(Cc2ccccc2)C(=O)NC(C)(C)C)S(=O)(=O)c2ccc(C)c([N+](=O)[O-])c2)cc1. The minimum Gasteiger partial charge on any atom is -0.497 e. The smallest absolute Gasteiger partial charge is 0.273 e. The van der Waals surface area contributed by atoms with Crippen LogP contribution in [0, 0.1) is 17.0 Å². The van der Waals surface area contributed by atoms with E-state index < -0.39 is 44.9 Å². The minimum absolute atomic E-state index is 0.0441. The summed E-state index contributed by atoms with van der Waals surface area (Å²) in [6.45, 7) is 6.22. The van der Waals surface area contributed by atoms with Crippen molar-refractivity contribution < 1.29 is 27.7 Å². The number of halogens is 1. The van der Waals surface area contributed by atoms with Gasteiger partial charge in [0.15, 0.2) is 0 Å². The Morgan fingerprint density at radius 3 is 2.14 bits per heavy atom. The summed E-state index contributed by atoms with van der Waals surface area (Å²) in [5.41, 5.74) is 0.818. The number of ether oxygens (including phenoxy) is 1. The van der Waals surface area contributed by atoms with E-state index in [4.69, 9.17) is 16.3 Å². The third-order valence-corrected chi connectivity index (χ3v) is 9.66. The van der Waals surface area contributed by atoms with Gasteiger partial charge in [-0.05, 0) is 81.3 Å². The average molecular weight is 707 g/mol. The van der Waals surface area contributed by atoms with E-state index in [1.54, 1.807) is 36.4 Å². The molecule has 4 rings (SSSR count). The van der Waals surface area contributed by atoms with Crippen LogP contribution in [0.2, 0.25) is 5.02 Å². The van der Waals surface area contributed by atoms with Gasteiger partial charge in [-0.3, -0.25) is 24.0 Å². The maximum absolute atomic E-state index is 14.6. The summed E-state index contributed by atoms with van der Waals surface area (Å²) < 4.78 is 34.8. The van der Waals surface area contributed by atoms with Crippen molar-refractivity contribution in [1.82, 2.24) is 10.2 Å². The molecule has 11 nitrogen and oxygen atoms in total. The number of sulfonamides is 1. The van der Waals surface area contributed by atoms with E-state index in [1.807, 2.05) is 51.1 Å². The maximum Gasteiger partial charge on any atom is 0.273 e. The molecule has 0 aliphatic carbocycles. The van der Waals surface area contributed by atoms with E-state index in [0.717, 1.165) is 15.9 Å². The minimum atomic E-state index is -4.56. The Labute approximate surface area is 291 Å². The Morgan fingerprint density at radius 1 is 0.939 bits per heavy atom. The van der Waals surface area contributed by atoms with Gasteiger partial charge in [-0.2, -0.15) is 0 Å². The first kappa shape index (κ1) is 36.9. The van der Waals surface area contributed by atoms with Crippen molar-refractivity contribution in [3.8, 4) is 5.75 Å². The van der Waals surface area contributed by atoms with Crippen LogP contribution < -0.4 is 14.4 Å². The van der Waals surface area contributed by atoms with Gasteiger partial charge >= 0.3 is 0 Å². The number of carbonyl (C=O) groups is 2. The number of nitrogens with zero attached hydrogens (tertiary/aromatic N) is 3. The monoisotopic (exact) mass is 706 g/mol. The topological polar surface area (TPSA) is 139 Å². The normalized spacial score (nSPS) is 12.1. The van der Waals surface area contributed by atoms with E-state index in [2.05, 4.69) is 5.32 Å². The molecule has 0 bridgehead atoms. The molecule has 0 aliphatic heterocycles.